The molecule has 3 aromatic rings. The maximum absolute atomic E-state index is 12.4. The summed E-state index contributed by atoms with van der Waals surface area (Å²) in [6.45, 7) is 0.896. The molecule has 0 bridgehead atoms. The van der Waals surface area contributed by atoms with E-state index in [1.165, 1.54) is 0 Å². The van der Waals surface area contributed by atoms with Gasteiger partial charge in [0.1, 0.15) is 0 Å². The van der Waals surface area contributed by atoms with E-state index in [2.05, 4.69) is 20.5 Å². The van der Waals surface area contributed by atoms with Crippen LogP contribution in [0.5, 0.6) is 0 Å². The van der Waals surface area contributed by atoms with Gasteiger partial charge in [-0.25, -0.2) is 0 Å². The van der Waals surface area contributed by atoms with Gasteiger partial charge in [-0.1, -0.05) is 12.1 Å². The first kappa shape index (κ1) is 16.3. The Morgan fingerprint density at radius 2 is 2.04 bits per heavy atom. The van der Waals surface area contributed by atoms with E-state index in [1.807, 2.05) is 36.4 Å². The van der Waals surface area contributed by atoms with Crippen LogP contribution >= 0.6 is 0 Å². The molecule has 132 valence electrons. The first-order chi connectivity index (χ1) is 12.7. The van der Waals surface area contributed by atoms with Gasteiger partial charge in [0.2, 0.25) is 11.8 Å². The van der Waals surface area contributed by atoms with Gasteiger partial charge in [0, 0.05) is 37.3 Å². The molecule has 7 nitrogen and oxygen atoms in total. The van der Waals surface area contributed by atoms with E-state index in [9.17, 15) is 9.59 Å². The van der Waals surface area contributed by atoms with Crippen molar-refractivity contribution in [1.82, 2.24) is 20.5 Å². The van der Waals surface area contributed by atoms with Gasteiger partial charge < -0.3 is 5.32 Å². The zero-order valence-electron chi connectivity index (χ0n) is 14.2. The molecule has 2 aromatic heterocycles. The van der Waals surface area contributed by atoms with E-state index in [0.717, 1.165) is 22.9 Å². The van der Waals surface area contributed by atoms with Crippen LogP contribution in [0.1, 0.15) is 12.0 Å². The van der Waals surface area contributed by atoms with Crippen LogP contribution in [-0.4, -0.2) is 40.1 Å². The number of aromatic amines is 1. The van der Waals surface area contributed by atoms with Crippen molar-refractivity contribution in [3.63, 3.8) is 0 Å². The molecular formula is C19H19N5O2. The third-order valence-electron chi connectivity index (χ3n) is 4.66. The number of nitrogens with zero attached hydrogens (tertiary/aromatic N) is 3. The van der Waals surface area contributed by atoms with Gasteiger partial charge >= 0.3 is 0 Å². The third-order valence-corrected chi connectivity index (χ3v) is 4.66. The molecule has 7 heteroatoms. The Morgan fingerprint density at radius 3 is 2.88 bits per heavy atom. The standard InChI is InChI=1S/C19H19N5O2/c25-17-11-14(19(26)21-10-7-13-5-8-20-9-6-13)12-24(17)18-15-3-1-2-4-16(15)22-23-18/h1-6,8-9,14H,7,10-12H2,(H,21,26)(H,22,23)/t14-/m0/s1. The Kier molecular flexibility index (Phi) is 4.35. The van der Waals surface area contributed by atoms with E-state index in [4.69, 9.17) is 0 Å². The first-order valence-electron chi connectivity index (χ1n) is 8.62. The second-order valence-electron chi connectivity index (χ2n) is 6.39. The minimum absolute atomic E-state index is 0.0727. The summed E-state index contributed by atoms with van der Waals surface area (Å²) < 4.78 is 0. The molecule has 1 fully saturated rings. The summed E-state index contributed by atoms with van der Waals surface area (Å²) in [4.78, 5) is 30.4. The maximum Gasteiger partial charge on any atom is 0.229 e. The van der Waals surface area contributed by atoms with E-state index >= 15 is 0 Å². The molecule has 26 heavy (non-hydrogen) atoms. The van der Waals surface area contributed by atoms with Crippen LogP contribution in [0, 0.1) is 5.92 Å². The zero-order chi connectivity index (χ0) is 17.9. The minimum Gasteiger partial charge on any atom is -0.355 e. The Morgan fingerprint density at radius 1 is 1.23 bits per heavy atom. The largest absolute Gasteiger partial charge is 0.355 e. The fourth-order valence-corrected chi connectivity index (χ4v) is 3.27. The van der Waals surface area contributed by atoms with Crippen LogP contribution in [0.3, 0.4) is 0 Å². The lowest BCUT2D eigenvalue weighted by molar-refractivity contribution is -0.126. The van der Waals surface area contributed by atoms with Crippen molar-refractivity contribution in [3.8, 4) is 0 Å². The molecule has 0 radical (unpaired) electrons. The Hall–Kier alpha value is -3.22. The Labute approximate surface area is 150 Å². The predicted molar refractivity (Wildman–Crippen MR) is 97.5 cm³/mol. The van der Waals surface area contributed by atoms with Crippen LogP contribution in [0.4, 0.5) is 5.82 Å². The number of H-pyrrole nitrogens is 1. The number of anilines is 1. The highest BCUT2D eigenvalue weighted by molar-refractivity contribution is 6.05. The molecule has 0 aliphatic carbocycles. The smallest absolute Gasteiger partial charge is 0.229 e. The number of aromatic nitrogens is 3. The number of para-hydroxylation sites is 1. The first-order valence-corrected chi connectivity index (χ1v) is 8.62. The molecule has 0 spiro atoms. The number of carbonyl (C=O) groups is 2. The van der Waals surface area contributed by atoms with Crippen LogP contribution in [0.25, 0.3) is 10.9 Å². The van der Waals surface area contributed by atoms with Crippen LogP contribution < -0.4 is 10.2 Å². The topological polar surface area (TPSA) is 91.0 Å². The summed E-state index contributed by atoms with van der Waals surface area (Å²) in [7, 11) is 0. The molecule has 0 saturated carbocycles. The number of fused-ring (bicyclic) bond motifs is 1. The third kappa shape index (κ3) is 3.15. The number of pyridine rings is 1. The number of hydrogen-bond donors (Lipinski definition) is 2. The fourth-order valence-electron chi connectivity index (χ4n) is 3.27. The van der Waals surface area contributed by atoms with Crippen molar-refractivity contribution in [3.05, 3.63) is 54.4 Å². The van der Waals surface area contributed by atoms with Crippen LogP contribution in [0.2, 0.25) is 0 Å². The van der Waals surface area contributed by atoms with Gasteiger partial charge in [-0.15, -0.1) is 0 Å². The van der Waals surface area contributed by atoms with Gasteiger partial charge in [-0.3, -0.25) is 24.6 Å². The van der Waals surface area contributed by atoms with Crippen molar-refractivity contribution in [2.45, 2.75) is 12.8 Å². The number of amides is 2. The van der Waals surface area contributed by atoms with Gasteiger partial charge in [-0.2, -0.15) is 5.10 Å². The number of nitrogens with one attached hydrogen (secondary N) is 2. The number of benzene rings is 1. The molecule has 3 heterocycles. The second-order valence-corrected chi connectivity index (χ2v) is 6.39. The summed E-state index contributed by atoms with van der Waals surface area (Å²) >= 11 is 0. The summed E-state index contributed by atoms with van der Waals surface area (Å²) in [5.41, 5.74) is 1.99. The lowest BCUT2D eigenvalue weighted by Crippen LogP contribution is -2.34. The Balaban J connectivity index is 1.39. The molecule has 1 saturated heterocycles. The fraction of sp³-hybridized carbons (Fsp3) is 0.263. The zero-order valence-corrected chi connectivity index (χ0v) is 14.2. The molecule has 1 aliphatic heterocycles. The lowest BCUT2D eigenvalue weighted by atomic mass is 10.1. The highest BCUT2D eigenvalue weighted by atomic mass is 16.2. The maximum atomic E-state index is 12.4. The van der Waals surface area contributed by atoms with Gasteiger partial charge in [0.15, 0.2) is 5.82 Å². The Bertz CT molecular complexity index is 937. The normalized spacial score (nSPS) is 17.0. The molecule has 2 amide bonds. The molecule has 1 atom stereocenters. The van der Waals surface area contributed by atoms with Crippen molar-refractivity contribution < 1.29 is 9.59 Å². The van der Waals surface area contributed by atoms with Gasteiger partial charge in [0.05, 0.1) is 11.4 Å². The van der Waals surface area contributed by atoms with E-state index in [0.29, 0.717) is 18.9 Å². The summed E-state index contributed by atoms with van der Waals surface area (Å²) in [5.74, 6) is 0.0828. The molecule has 2 N–H and O–H groups in total. The van der Waals surface area contributed by atoms with Crippen molar-refractivity contribution >= 4 is 28.5 Å². The predicted octanol–water partition coefficient (Wildman–Crippen LogP) is 1.67. The molecule has 1 aliphatic rings. The quantitative estimate of drug-likeness (QED) is 0.733. The van der Waals surface area contributed by atoms with E-state index < -0.39 is 0 Å². The molecule has 0 unspecified atom stereocenters. The number of rotatable bonds is 5. The minimum atomic E-state index is -0.351. The average Bonchev–Trinajstić information content (AvgIpc) is 3.26. The van der Waals surface area contributed by atoms with Gasteiger partial charge in [-0.05, 0) is 36.2 Å². The number of carbonyl (C=O) groups excluding carboxylic acids is 2. The second kappa shape index (κ2) is 6.95. The average molecular weight is 349 g/mol. The van der Waals surface area contributed by atoms with E-state index in [-0.39, 0.29) is 24.2 Å². The molecule has 4 rings (SSSR count). The van der Waals surface area contributed by atoms with Crippen molar-refractivity contribution in [1.29, 1.82) is 0 Å². The lowest BCUT2D eigenvalue weighted by Gasteiger charge is -2.14. The summed E-state index contributed by atoms with van der Waals surface area (Å²) in [5, 5.41) is 11.0. The van der Waals surface area contributed by atoms with Gasteiger partial charge in [0.25, 0.3) is 0 Å². The summed E-state index contributed by atoms with van der Waals surface area (Å²) in [6, 6.07) is 11.5. The summed E-state index contributed by atoms with van der Waals surface area (Å²) in [6.07, 6.45) is 4.42. The highest BCUT2D eigenvalue weighted by Gasteiger charge is 2.36. The van der Waals surface area contributed by atoms with Crippen LogP contribution in [0.15, 0.2) is 48.8 Å². The molecular weight excluding hydrogens is 330 g/mol. The molecule has 1 aromatic carbocycles. The van der Waals surface area contributed by atoms with Crippen molar-refractivity contribution in [2.24, 2.45) is 5.92 Å². The van der Waals surface area contributed by atoms with Crippen molar-refractivity contribution in [2.75, 3.05) is 18.0 Å². The SMILES string of the molecule is O=C(NCCc1ccncc1)[C@H]1CC(=O)N(c2n[nH]c3ccccc23)C1. The van der Waals surface area contributed by atoms with Crippen LogP contribution in [-0.2, 0) is 16.0 Å². The number of hydrogen-bond acceptors (Lipinski definition) is 4. The monoisotopic (exact) mass is 349 g/mol. The van der Waals surface area contributed by atoms with E-state index in [1.54, 1.807) is 17.3 Å². The highest BCUT2D eigenvalue weighted by Crippen LogP contribution is 2.29.